The van der Waals surface area contributed by atoms with Gasteiger partial charge in [-0.05, 0) is 66.4 Å². The van der Waals surface area contributed by atoms with Crippen molar-refractivity contribution in [3.63, 3.8) is 0 Å². The number of hydrogen-bond donors (Lipinski definition) is 0. The van der Waals surface area contributed by atoms with E-state index in [1.54, 1.807) is 7.11 Å². The molecule has 0 heterocycles. The van der Waals surface area contributed by atoms with Crippen LogP contribution in [0, 0.1) is 0 Å². The van der Waals surface area contributed by atoms with Gasteiger partial charge >= 0.3 is 0 Å². The van der Waals surface area contributed by atoms with Gasteiger partial charge in [0, 0.05) is 10.1 Å². The number of ether oxygens (including phenoxy) is 2. The molecule has 0 aromatic heterocycles. The van der Waals surface area contributed by atoms with Crippen LogP contribution in [-0.4, -0.2) is 12.4 Å². The van der Waals surface area contributed by atoms with E-state index in [1.807, 2.05) is 78.9 Å². The molecule has 0 fully saturated rings. The van der Waals surface area contributed by atoms with Gasteiger partial charge in [-0.15, -0.1) is 11.8 Å². The van der Waals surface area contributed by atoms with E-state index in [9.17, 15) is 8.78 Å². The second-order valence-electron chi connectivity index (χ2n) is 6.75. The summed E-state index contributed by atoms with van der Waals surface area (Å²) in [6.45, 7) is 0.515. The van der Waals surface area contributed by atoms with E-state index in [-0.39, 0.29) is 5.25 Å². The third-order valence-electron chi connectivity index (χ3n) is 4.55. The Morgan fingerprint density at radius 2 is 1.53 bits per heavy atom. The van der Waals surface area contributed by atoms with Gasteiger partial charge in [-0.25, -0.2) is 0 Å². The molecule has 2 nitrogen and oxygen atoms in total. The Kier molecular flexibility index (Phi) is 8.33. The van der Waals surface area contributed by atoms with E-state index >= 15 is 0 Å². The number of hydrogen-bond acceptors (Lipinski definition) is 3. The molecule has 0 unspecified atom stereocenters. The summed E-state index contributed by atoms with van der Waals surface area (Å²) in [6.07, 6.45) is 0.701. The van der Waals surface area contributed by atoms with Crippen LogP contribution >= 0.6 is 11.8 Å². The first-order valence-corrected chi connectivity index (χ1v) is 10.6. The highest BCUT2D eigenvalue weighted by molar-refractivity contribution is 8.00. The minimum atomic E-state index is -1.65. The highest BCUT2D eigenvalue weighted by atomic mass is 32.2. The van der Waals surface area contributed by atoms with Gasteiger partial charge < -0.3 is 9.47 Å². The molecule has 3 rings (SSSR count). The lowest BCUT2D eigenvalue weighted by Gasteiger charge is -2.13. The predicted octanol–water partition coefficient (Wildman–Crippen LogP) is 7.15. The predicted molar refractivity (Wildman–Crippen MR) is 118 cm³/mol. The van der Waals surface area contributed by atoms with Crippen LogP contribution in [0.1, 0.15) is 17.5 Å². The van der Waals surface area contributed by atoms with Gasteiger partial charge in [0.1, 0.15) is 18.1 Å². The lowest BCUT2D eigenvalue weighted by Crippen LogP contribution is -2.02. The van der Waals surface area contributed by atoms with Crippen LogP contribution in [0.5, 0.6) is 11.5 Å². The maximum Gasteiger partial charge on any atom is 0.267 e. The van der Waals surface area contributed by atoms with Gasteiger partial charge in [-0.2, -0.15) is 8.78 Å². The van der Waals surface area contributed by atoms with Crippen LogP contribution in [0.3, 0.4) is 0 Å². The number of benzene rings is 3. The monoisotopic (exact) mass is 426 g/mol. The fourth-order valence-corrected chi connectivity index (χ4v) is 4.00. The maximum atomic E-state index is 12.9. The van der Waals surface area contributed by atoms with E-state index in [1.165, 1.54) is 11.8 Å². The zero-order valence-corrected chi connectivity index (χ0v) is 17.6. The third-order valence-corrected chi connectivity index (χ3v) is 5.77. The molecule has 0 amide bonds. The summed E-state index contributed by atoms with van der Waals surface area (Å²) in [5.41, 5.74) is 2.20. The molecule has 0 radical (unpaired) electrons. The summed E-state index contributed by atoms with van der Waals surface area (Å²) in [4.78, 5) is 0.933. The van der Waals surface area contributed by atoms with Gasteiger partial charge in [-0.3, -0.25) is 0 Å². The molecule has 30 heavy (non-hydrogen) atoms. The molecule has 3 aromatic carbocycles. The van der Waals surface area contributed by atoms with Crippen molar-refractivity contribution in [2.75, 3.05) is 7.11 Å². The van der Waals surface area contributed by atoms with Crippen molar-refractivity contribution in [2.45, 2.75) is 29.6 Å². The van der Waals surface area contributed by atoms with Crippen molar-refractivity contribution in [1.29, 1.82) is 0 Å². The van der Waals surface area contributed by atoms with E-state index in [4.69, 9.17) is 9.47 Å². The number of halogens is 2. The Morgan fingerprint density at radius 1 is 0.867 bits per heavy atom. The second-order valence-corrected chi connectivity index (χ2v) is 8.06. The maximum absolute atomic E-state index is 12.9. The summed E-state index contributed by atoms with van der Waals surface area (Å²) in [7, 11) is 1.60. The minimum Gasteiger partial charge on any atom is -0.497 e. The Hall–Kier alpha value is -2.79. The summed E-state index contributed by atoms with van der Waals surface area (Å²) in [5.74, 6) is 1.54. The van der Waals surface area contributed by atoms with Crippen molar-refractivity contribution < 1.29 is 18.3 Å². The van der Waals surface area contributed by atoms with Crippen LogP contribution < -0.4 is 9.47 Å². The first-order valence-electron chi connectivity index (χ1n) is 9.71. The molecule has 0 aliphatic heterocycles. The molecular formula is C25H24F2O2S. The van der Waals surface area contributed by atoms with Gasteiger partial charge in [0.2, 0.25) is 0 Å². The largest absolute Gasteiger partial charge is 0.497 e. The van der Waals surface area contributed by atoms with Crippen molar-refractivity contribution in [3.05, 3.63) is 102 Å². The Balaban J connectivity index is 1.54. The van der Waals surface area contributed by atoms with Crippen LogP contribution in [0.2, 0.25) is 0 Å². The SMILES string of the molecule is COc1ccc(S[C@@H](C=C(F)F)CCc2ccc(OCc3ccccc3)cc2)cc1. The fraction of sp³-hybridized carbons (Fsp3) is 0.200. The topological polar surface area (TPSA) is 18.5 Å². The Bertz CT molecular complexity index is 922. The van der Waals surface area contributed by atoms with Crippen molar-refractivity contribution >= 4 is 11.8 Å². The van der Waals surface area contributed by atoms with Crippen LogP contribution in [0.15, 0.2) is 95.9 Å². The van der Waals surface area contributed by atoms with Crippen molar-refractivity contribution in [2.24, 2.45) is 0 Å². The Labute approximate surface area is 180 Å². The number of aryl methyl sites for hydroxylation is 1. The molecule has 0 saturated carbocycles. The second kappa shape index (κ2) is 11.4. The van der Waals surface area contributed by atoms with E-state index in [0.29, 0.717) is 19.4 Å². The minimum absolute atomic E-state index is 0.308. The summed E-state index contributed by atoms with van der Waals surface area (Å²) in [6, 6.07) is 25.3. The molecule has 0 spiro atoms. The smallest absolute Gasteiger partial charge is 0.267 e. The normalized spacial score (nSPS) is 11.6. The molecule has 0 aliphatic carbocycles. The number of methoxy groups -OCH3 is 1. The number of rotatable bonds is 10. The fourth-order valence-electron chi connectivity index (χ4n) is 2.95. The molecule has 5 heteroatoms. The third kappa shape index (κ3) is 7.23. The summed E-state index contributed by atoms with van der Waals surface area (Å²) < 4.78 is 36.8. The number of thioether (sulfide) groups is 1. The molecule has 0 aliphatic rings. The molecule has 0 bridgehead atoms. The quantitative estimate of drug-likeness (QED) is 0.321. The molecule has 0 saturated heterocycles. The first-order chi connectivity index (χ1) is 14.6. The summed E-state index contributed by atoms with van der Waals surface area (Å²) in [5, 5.41) is -0.308. The van der Waals surface area contributed by atoms with Crippen LogP contribution in [-0.2, 0) is 13.0 Å². The molecule has 0 N–H and O–H groups in total. The molecule has 3 aromatic rings. The van der Waals surface area contributed by atoms with Gasteiger partial charge in [0.15, 0.2) is 0 Å². The highest BCUT2D eigenvalue weighted by Crippen LogP contribution is 2.30. The lowest BCUT2D eigenvalue weighted by molar-refractivity contribution is 0.306. The van der Waals surface area contributed by atoms with Crippen molar-refractivity contribution in [3.8, 4) is 11.5 Å². The lowest BCUT2D eigenvalue weighted by atomic mass is 10.1. The van der Waals surface area contributed by atoms with Gasteiger partial charge in [0.25, 0.3) is 6.08 Å². The van der Waals surface area contributed by atoms with Crippen LogP contribution in [0.4, 0.5) is 8.78 Å². The van der Waals surface area contributed by atoms with Gasteiger partial charge in [-0.1, -0.05) is 42.5 Å². The average Bonchev–Trinajstić information content (AvgIpc) is 2.77. The zero-order chi connectivity index (χ0) is 21.2. The Morgan fingerprint density at radius 3 is 2.17 bits per heavy atom. The molecule has 156 valence electrons. The average molecular weight is 427 g/mol. The molecular weight excluding hydrogens is 402 g/mol. The first kappa shape index (κ1) is 21.9. The van der Waals surface area contributed by atoms with Gasteiger partial charge in [0.05, 0.1) is 7.11 Å². The highest BCUT2D eigenvalue weighted by Gasteiger charge is 2.11. The van der Waals surface area contributed by atoms with Crippen molar-refractivity contribution in [1.82, 2.24) is 0 Å². The van der Waals surface area contributed by atoms with E-state index in [0.717, 1.165) is 33.6 Å². The van der Waals surface area contributed by atoms with E-state index < -0.39 is 6.08 Å². The van der Waals surface area contributed by atoms with Crippen LogP contribution in [0.25, 0.3) is 0 Å². The summed E-state index contributed by atoms with van der Waals surface area (Å²) >= 11 is 1.43. The molecule has 1 atom stereocenters. The van der Waals surface area contributed by atoms with E-state index in [2.05, 4.69) is 0 Å². The standard InChI is InChI=1S/C25H24F2O2S/c1-28-21-12-15-23(16-13-21)30-24(17-25(26)27)14-9-19-7-10-22(11-8-19)29-18-20-5-3-2-4-6-20/h2-8,10-13,15-17,24H,9,14,18H2,1H3/t24-/m1/s1. The zero-order valence-electron chi connectivity index (χ0n) is 16.8.